The second-order valence-corrected chi connectivity index (χ2v) is 3.90. The van der Waals surface area contributed by atoms with Crippen LogP contribution in [0.4, 0.5) is 5.69 Å². The third-order valence-electron chi connectivity index (χ3n) is 2.79. The van der Waals surface area contributed by atoms with Crippen molar-refractivity contribution in [2.24, 2.45) is 0 Å². The van der Waals surface area contributed by atoms with Gasteiger partial charge < -0.3 is 10.4 Å². The maximum Gasteiger partial charge on any atom is 0.221 e. The monoisotopic (exact) mass is 206 g/mol. The zero-order valence-electron chi connectivity index (χ0n) is 8.87. The molecule has 0 saturated carbocycles. The van der Waals surface area contributed by atoms with E-state index in [1.54, 1.807) is 6.20 Å². The van der Waals surface area contributed by atoms with Crippen LogP contribution < -0.4 is 5.32 Å². The number of carbonyl (C=O) groups excluding carboxylic acids is 1. The van der Waals surface area contributed by atoms with Crippen molar-refractivity contribution in [2.45, 2.75) is 32.8 Å². The van der Waals surface area contributed by atoms with Gasteiger partial charge in [0.05, 0.1) is 23.7 Å². The Morgan fingerprint density at radius 3 is 3.07 bits per heavy atom. The zero-order valence-corrected chi connectivity index (χ0v) is 8.87. The number of carbonyl (C=O) groups is 1. The molecule has 1 aliphatic rings. The summed E-state index contributed by atoms with van der Waals surface area (Å²) in [5.74, 6) is -0.0987. The van der Waals surface area contributed by atoms with Gasteiger partial charge in [0.25, 0.3) is 0 Å². The topological polar surface area (TPSA) is 62.2 Å². The molecule has 1 aromatic rings. The maximum atomic E-state index is 10.9. The minimum Gasteiger partial charge on any atom is -0.387 e. The quantitative estimate of drug-likeness (QED) is 0.728. The number of fused-ring (bicyclic) bond motifs is 1. The lowest BCUT2D eigenvalue weighted by atomic mass is 10.1. The van der Waals surface area contributed by atoms with E-state index in [2.05, 4.69) is 10.3 Å². The number of aliphatic hydroxyl groups excluding tert-OH is 1. The Bertz CT molecular complexity index is 415. The van der Waals surface area contributed by atoms with E-state index in [1.807, 2.05) is 6.92 Å². The smallest absolute Gasteiger partial charge is 0.221 e. The predicted molar refractivity (Wildman–Crippen MR) is 56.6 cm³/mol. The number of anilines is 1. The predicted octanol–water partition coefficient (Wildman–Crippen LogP) is 1.33. The molecule has 1 aliphatic carbocycles. The van der Waals surface area contributed by atoms with Crippen LogP contribution in [0.1, 0.15) is 36.3 Å². The molecule has 4 heteroatoms. The van der Waals surface area contributed by atoms with Crippen LogP contribution in [-0.4, -0.2) is 16.0 Å². The van der Waals surface area contributed by atoms with E-state index in [0.29, 0.717) is 0 Å². The zero-order chi connectivity index (χ0) is 11.0. The Balaban J connectivity index is 2.41. The number of nitrogens with zero attached hydrogens (tertiary/aromatic N) is 1. The lowest BCUT2D eigenvalue weighted by molar-refractivity contribution is -0.114. The summed E-state index contributed by atoms with van der Waals surface area (Å²) in [5.41, 5.74) is 3.61. The number of amides is 1. The number of hydrogen-bond acceptors (Lipinski definition) is 3. The molecule has 0 bridgehead atoms. The molecule has 0 radical (unpaired) electrons. The number of rotatable bonds is 1. The summed E-state index contributed by atoms with van der Waals surface area (Å²) in [5, 5.41) is 12.4. The first-order chi connectivity index (χ1) is 7.09. The Labute approximate surface area is 88.3 Å². The van der Waals surface area contributed by atoms with Gasteiger partial charge in [-0.3, -0.25) is 9.78 Å². The van der Waals surface area contributed by atoms with Gasteiger partial charge in [-0.05, 0) is 30.9 Å². The lowest BCUT2D eigenvalue weighted by Crippen LogP contribution is -2.09. The minimum atomic E-state index is -0.440. The number of aromatic nitrogens is 1. The van der Waals surface area contributed by atoms with Gasteiger partial charge >= 0.3 is 0 Å². The van der Waals surface area contributed by atoms with Crippen molar-refractivity contribution in [3.63, 3.8) is 0 Å². The molecular weight excluding hydrogens is 192 g/mol. The molecule has 0 spiro atoms. The van der Waals surface area contributed by atoms with E-state index in [0.717, 1.165) is 35.3 Å². The molecule has 1 atom stereocenters. The van der Waals surface area contributed by atoms with Gasteiger partial charge in [-0.1, -0.05) is 0 Å². The number of hydrogen-bond donors (Lipinski definition) is 2. The summed E-state index contributed by atoms with van der Waals surface area (Å²) >= 11 is 0. The van der Waals surface area contributed by atoms with Gasteiger partial charge in [0, 0.05) is 6.92 Å². The van der Waals surface area contributed by atoms with Crippen molar-refractivity contribution in [3.8, 4) is 0 Å². The summed E-state index contributed by atoms with van der Waals surface area (Å²) in [4.78, 5) is 15.1. The third-order valence-corrected chi connectivity index (χ3v) is 2.79. The van der Waals surface area contributed by atoms with Gasteiger partial charge in [0.1, 0.15) is 0 Å². The average molecular weight is 206 g/mol. The number of aliphatic hydroxyl groups is 1. The van der Waals surface area contributed by atoms with Crippen LogP contribution in [0.25, 0.3) is 0 Å². The lowest BCUT2D eigenvalue weighted by Gasteiger charge is -2.10. The standard InChI is InChI=1S/C11H14N2O2/c1-6-8-3-4-10(15)11(8)12-5-9(6)13-7(2)14/h5,10,15H,3-4H2,1-2H3,(H,13,14). The van der Waals surface area contributed by atoms with E-state index in [1.165, 1.54) is 6.92 Å². The Kier molecular flexibility index (Phi) is 2.44. The number of nitrogens with one attached hydrogen (secondary N) is 1. The molecule has 80 valence electrons. The fraction of sp³-hybridized carbons (Fsp3) is 0.455. The molecule has 0 fully saturated rings. The van der Waals surface area contributed by atoms with E-state index >= 15 is 0 Å². The first-order valence-electron chi connectivity index (χ1n) is 5.03. The SMILES string of the molecule is CC(=O)Nc1cnc2c(c1C)CCC2O. The molecule has 0 aliphatic heterocycles. The molecule has 1 aromatic heterocycles. The van der Waals surface area contributed by atoms with Crippen LogP contribution >= 0.6 is 0 Å². The normalized spacial score (nSPS) is 18.7. The molecule has 0 aromatic carbocycles. The van der Waals surface area contributed by atoms with Gasteiger partial charge in [-0.2, -0.15) is 0 Å². The molecule has 15 heavy (non-hydrogen) atoms. The highest BCUT2D eigenvalue weighted by Gasteiger charge is 2.24. The van der Waals surface area contributed by atoms with Crippen molar-refractivity contribution in [2.75, 3.05) is 5.32 Å². The molecule has 1 amide bonds. The molecular formula is C11H14N2O2. The van der Waals surface area contributed by atoms with Gasteiger partial charge in [-0.15, -0.1) is 0 Å². The first-order valence-corrected chi connectivity index (χ1v) is 5.03. The van der Waals surface area contributed by atoms with Crippen LogP contribution in [0.2, 0.25) is 0 Å². The highest BCUT2D eigenvalue weighted by molar-refractivity contribution is 5.89. The highest BCUT2D eigenvalue weighted by Crippen LogP contribution is 2.33. The Morgan fingerprint density at radius 1 is 1.67 bits per heavy atom. The summed E-state index contributed by atoms with van der Waals surface area (Å²) < 4.78 is 0. The summed E-state index contributed by atoms with van der Waals surface area (Å²) in [6.07, 6.45) is 2.74. The van der Waals surface area contributed by atoms with Crippen molar-refractivity contribution in [3.05, 3.63) is 23.0 Å². The molecule has 1 unspecified atom stereocenters. The van der Waals surface area contributed by atoms with E-state index in [-0.39, 0.29) is 5.91 Å². The van der Waals surface area contributed by atoms with Crippen LogP contribution in [0.5, 0.6) is 0 Å². The molecule has 2 rings (SSSR count). The van der Waals surface area contributed by atoms with Crippen LogP contribution in [-0.2, 0) is 11.2 Å². The molecule has 0 saturated heterocycles. The summed E-state index contributed by atoms with van der Waals surface area (Å²) in [6, 6.07) is 0. The van der Waals surface area contributed by atoms with E-state index in [4.69, 9.17) is 0 Å². The number of pyridine rings is 1. The minimum absolute atomic E-state index is 0.0987. The van der Waals surface area contributed by atoms with E-state index in [9.17, 15) is 9.90 Å². The molecule has 4 nitrogen and oxygen atoms in total. The Hall–Kier alpha value is -1.42. The largest absolute Gasteiger partial charge is 0.387 e. The summed E-state index contributed by atoms with van der Waals surface area (Å²) in [6.45, 7) is 3.42. The van der Waals surface area contributed by atoms with Crippen molar-refractivity contribution in [1.29, 1.82) is 0 Å². The Morgan fingerprint density at radius 2 is 2.40 bits per heavy atom. The fourth-order valence-corrected chi connectivity index (χ4v) is 2.00. The first kappa shape index (κ1) is 10.1. The van der Waals surface area contributed by atoms with E-state index < -0.39 is 6.10 Å². The average Bonchev–Trinajstić information content (AvgIpc) is 2.53. The van der Waals surface area contributed by atoms with Crippen molar-refractivity contribution < 1.29 is 9.90 Å². The summed E-state index contributed by atoms with van der Waals surface area (Å²) in [7, 11) is 0. The van der Waals surface area contributed by atoms with Crippen LogP contribution in [0.3, 0.4) is 0 Å². The molecule has 2 N–H and O–H groups in total. The van der Waals surface area contributed by atoms with Crippen molar-refractivity contribution >= 4 is 11.6 Å². The maximum absolute atomic E-state index is 10.9. The van der Waals surface area contributed by atoms with Gasteiger partial charge in [-0.25, -0.2) is 0 Å². The second-order valence-electron chi connectivity index (χ2n) is 3.90. The van der Waals surface area contributed by atoms with Crippen LogP contribution in [0, 0.1) is 6.92 Å². The highest BCUT2D eigenvalue weighted by atomic mass is 16.3. The van der Waals surface area contributed by atoms with Crippen LogP contribution in [0.15, 0.2) is 6.20 Å². The third kappa shape index (κ3) is 1.72. The van der Waals surface area contributed by atoms with Gasteiger partial charge in [0.2, 0.25) is 5.91 Å². The van der Waals surface area contributed by atoms with Gasteiger partial charge in [0.15, 0.2) is 0 Å². The molecule has 1 heterocycles. The van der Waals surface area contributed by atoms with Crippen molar-refractivity contribution in [1.82, 2.24) is 4.98 Å². The second kappa shape index (κ2) is 3.62. The fourth-order valence-electron chi connectivity index (χ4n) is 2.00.